The molecule has 1 N–H and O–H groups in total. The fourth-order valence-electron chi connectivity index (χ4n) is 5.17. The first-order valence-electron chi connectivity index (χ1n) is 12.9. The lowest BCUT2D eigenvalue weighted by molar-refractivity contribution is 0.0885. The van der Waals surface area contributed by atoms with E-state index < -0.39 is 0 Å². The summed E-state index contributed by atoms with van der Waals surface area (Å²) in [7, 11) is 0. The van der Waals surface area contributed by atoms with Crippen LogP contribution < -0.4 is 5.56 Å². The Balaban J connectivity index is 1.51. The number of fused-ring (bicyclic) bond motifs is 1. The number of nitrogens with one attached hydrogen (secondary N) is 1. The molecule has 0 bridgehead atoms. The molecule has 0 radical (unpaired) electrons. The number of tetrazole rings is 1. The molecule has 4 aromatic rings. The monoisotopic (exact) mass is 486 g/mol. The van der Waals surface area contributed by atoms with Gasteiger partial charge in [-0.25, -0.2) is 4.68 Å². The average molecular weight is 487 g/mol. The summed E-state index contributed by atoms with van der Waals surface area (Å²) in [6.07, 6.45) is 4.09. The highest BCUT2D eigenvalue weighted by Crippen LogP contribution is 2.29. The number of aromatic nitrogens is 5. The molecule has 1 saturated heterocycles. The van der Waals surface area contributed by atoms with Crippen molar-refractivity contribution in [3.05, 3.63) is 87.5 Å². The Morgan fingerprint density at radius 3 is 2.81 bits per heavy atom. The van der Waals surface area contributed by atoms with E-state index in [9.17, 15) is 4.79 Å². The fourth-order valence-corrected chi connectivity index (χ4v) is 5.17. The van der Waals surface area contributed by atoms with Crippen molar-refractivity contribution in [1.82, 2.24) is 30.1 Å². The van der Waals surface area contributed by atoms with Crippen molar-refractivity contribution in [2.75, 3.05) is 6.61 Å². The number of H-pyrrole nitrogens is 1. The summed E-state index contributed by atoms with van der Waals surface area (Å²) in [5.74, 6) is 0.830. The highest BCUT2D eigenvalue weighted by atomic mass is 16.5. The van der Waals surface area contributed by atoms with Gasteiger partial charge in [-0.1, -0.05) is 61.9 Å². The van der Waals surface area contributed by atoms with Crippen LogP contribution in [0, 0.1) is 6.92 Å². The van der Waals surface area contributed by atoms with Gasteiger partial charge in [0.2, 0.25) is 0 Å². The summed E-state index contributed by atoms with van der Waals surface area (Å²) >= 11 is 0. The van der Waals surface area contributed by atoms with Crippen LogP contribution in [-0.4, -0.2) is 42.8 Å². The second-order valence-electron chi connectivity index (χ2n) is 9.71. The van der Waals surface area contributed by atoms with Crippen molar-refractivity contribution in [2.24, 2.45) is 0 Å². The molecule has 0 unspecified atom stereocenters. The van der Waals surface area contributed by atoms with Crippen molar-refractivity contribution in [1.29, 1.82) is 0 Å². The molecule has 1 aliphatic heterocycles. The average Bonchev–Trinajstić information content (AvgIpc) is 3.57. The topological polar surface area (TPSA) is 88.9 Å². The van der Waals surface area contributed by atoms with Crippen LogP contribution in [0.2, 0.25) is 0 Å². The van der Waals surface area contributed by atoms with E-state index in [-0.39, 0.29) is 17.7 Å². The fraction of sp³-hybridized carbons (Fsp3) is 0.429. The molecule has 0 spiro atoms. The van der Waals surface area contributed by atoms with Crippen molar-refractivity contribution < 1.29 is 4.74 Å². The van der Waals surface area contributed by atoms with E-state index in [0.717, 1.165) is 60.1 Å². The number of pyridine rings is 1. The van der Waals surface area contributed by atoms with Crippen LogP contribution in [0.5, 0.6) is 0 Å². The van der Waals surface area contributed by atoms with E-state index in [4.69, 9.17) is 4.74 Å². The first-order valence-corrected chi connectivity index (χ1v) is 12.9. The van der Waals surface area contributed by atoms with Crippen molar-refractivity contribution in [3.63, 3.8) is 0 Å². The van der Waals surface area contributed by atoms with Gasteiger partial charge in [0.05, 0.1) is 24.2 Å². The Labute approximate surface area is 211 Å². The predicted molar refractivity (Wildman–Crippen MR) is 139 cm³/mol. The number of rotatable bonds is 10. The molecular formula is C28H34N6O2. The molecule has 2 atom stereocenters. The number of aromatic amines is 1. The van der Waals surface area contributed by atoms with Gasteiger partial charge in [-0.15, -0.1) is 5.10 Å². The molecule has 0 saturated carbocycles. The molecule has 188 valence electrons. The third kappa shape index (κ3) is 5.39. The van der Waals surface area contributed by atoms with Crippen LogP contribution in [0.1, 0.15) is 61.2 Å². The SMILES string of the molecule is CCC[C@H](c1nnnn1C[C@@H]1CCCO1)N(Cc1ccccc1)Cc1cc2cccc(C)c2[nH]c1=O. The molecule has 0 amide bonds. The molecule has 1 aliphatic rings. The quantitative estimate of drug-likeness (QED) is 0.354. The van der Waals surface area contributed by atoms with Gasteiger partial charge in [0.1, 0.15) is 0 Å². The van der Waals surface area contributed by atoms with Gasteiger partial charge in [-0.3, -0.25) is 9.69 Å². The standard InChI is InChI=1S/C28H34N6O2/c1-3-9-25(27-30-31-32-34(27)19-24-14-8-15-36-24)33(17-21-11-5-4-6-12-21)18-23-16-22-13-7-10-20(2)26(22)29-28(23)35/h4-7,10-13,16,24-25H,3,8-9,14-15,17-19H2,1-2H3,(H,29,35)/t24-,25+/m0/s1. The molecule has 3 heterocycles. The Morgan fingerprint density at radius 2 is 2.03 bits per heavy atom. The normalized spacial score (nSPS) is 16.7. The summed E-state index contributed by atoms with van der Waals surface area (Å²) in [6, 6.07) is 18.5. The van der Waals surface area contributed by atoms with Crippen LogP contribution in [0.4, 0.5) is 0 Å². The number of hydrogen-bond acceptors (Lipinski definition) is 6. The molecule has 8 heteroatoms. The molecule has 1 fully saturated rings. The smallest absolute Gasteiger partial charge is 0.252 e. The Kier molecular flexibility index (Phi) is 7.53. The number of para-hydroxylation sites is 1. The maximum atomic E-state index is 13.2. The lowest BCUT2D eigenvalue weighted by atomic mass is 10.0. The highest BCUT2D eigenvalue weighted by Gasteiger charge is 2.28. The Morgan fingerprint density at radius 1 is 1.17 bits per heavy atom. The first kappa shape index (κ1) is 24.3. The maximum Gasteiger partial charge on any atom is 0.252 e. The predicted octanol–water partition coefficient (Wildman–Crippen LogP) is 4.55. The highest BCUT2D eigenvalue weighted by molar-refractivity contribution is 5.81. The second kappa shape index (κ2) is 11.1. The third-order valence-electron chi connectivity index (χ3n) is 7.03. The molecule has 0 aliphatic carbocycles. The zero-order valence-corrected chi connectivity index (χ0v) is 21.1. The zero-order chi connectivity index (χ0) is 24.9. The van der Waals surface area contributed by atoms with Gasteiger partial charge < -0.3 is 9.72 Å². The van der Waals surface area contributed by atoms with Crippen molar-refractivity contribution in [3.8, 4) is 0 Å². The Hall–Kier alpha value is -3.36. The van der Waals surface area contributed by atoms with Crippen LogP contribution in [0.15, 0.2) is 59.4 Å². The van der Waals surface area contributed by atoms with E-state index in [2.05, 4.69) is 62.7 Å². The van der Waals surface area contributed by atoms with Gasteiger partial charge in [-0.2, -0.15) is 0 Å². The second-order valence-corrected chi connectivity index (χ2v) is 9.71. The lowest BCUT2D eigenvalue weighted by Gasteiger charge is -2.31. The van der Waals surface area contributed by atoms with E-state index in [1.54, 1.807) is 0 Å². The molecule has 2 aromatic carbocycles. The molecule has 2 aromatic heterocycles. The van der Waals surface area contributed by atoms with Crippen LogP contribution >= 0.6 is 0 Å². The molecule has 5 rings (SSSR count). The maximum absolute atomic E-state index is 13.2. The summed E-state index contributed by atoms with van der Waals surface area (Å²) in [4.78, 5) is 18.6. The van der Waals surface area contributed by atoms with E-state index in [1.165, 1.54) is 5.56 Å². The first-order chi connectivity index (χ1) is 17.6. The minimum atomic E-state index is -0.0518. The van der Waals surface area contributed by atoms with Gasteiger partial charge in [0.15, 0.2) is 5.82 Å². The molecular weight excluding hydrogens is 452 g/mol. The van der Waals surface area contributed by atoms with Gasteiger partial charge in [0.25, 0.3) is 5.56 Å². The van der Waals surface area contributed by atoms with Gasteiger partial charge >= 0.3 is 0 Å². The number of ether oxygens (including phenoxy) is 1. The largest absolute Gasteiger partial charge is 0.376 e. The lowest BCUT2D eigenvalue weighted by Crippen LogP contribution is -2.33. The molecule has 36 heavy (non-hydrogen) atoms. The van der Waals surface area contributed by atoms with Crippen molar-refractivity contribution >= 4 is 10.9 Å². The number of hydrogen-bond donors (Lipinski definition) is 1. The summed E-state index contributed by atoms with van der Waals surface area (Å²) in [5.41, 5.74) is 3.83. The van der Waals surface area contributed by atoms with E-state index in [1.807, 2.05) is 35.9 Å². The number of nitrogens with zero attached hydrogens (tertiary/aromatic N) is 5. The van der Waals surface area contributed by atoms with Gasteiger partial charge in [-0.05, 0) is 59.2 Å². The van der Waals surface area contributed by atoms with Crippen LogP contribution in [-0.2, 0) is 24.4 Å². The Bertz CT molecular complexity index is 1340. The van der Waals surface area contributed by atoms with Crippen molar-refractivity contribution in [2.45, 2.75) is 71.3 Å². The van der Waals surface area contributed by atoms with E-state index in [0.29, 0.717) is 19.6 Å². The number of benzene rings is 2. The van der Waals surface area contributed by atoms with Crippen LogP contribution in [0.25, 0.3) is 10.9 Å². The summed E-state index contributed by atoms with van der Waals surface area (Å²) in [6.45, 7) is 6.82. The third-order valence-corrected chi connectivity index (χ3v) is 7.03. The van der Waals surface area contributed by atoms with E-state index >= 15 is 0 Å². The minimum absolute atomic E-state index is 0.0424. The van der Waals surface area contributed by atoms with Gasteiger partial charge in [0, 0.05) is 25.3 Å². The zero-order valence-electron chi connectivity index (χ0n) is 21.1. The molecule has 8 nitrogen and oxygen atoms in total. The summed E-state index contributed by atoms with van der Waals surface area (Å²) in [5, 5.41) is 13.9. The summed E-state index contributed by atoms with van der Waals surface area (Å²) < 4.78 is 7.77. The minimum Gasteiger partial charge on any atom is -0.376 e. The number of aryl methyl sites for hydroxylation is 1. The van der Waals surface area contributed by atoms with Crippen LogP contribution in [0.3, 0.4) is 0 Å².